The summed E-state index contributed by atoms with van der Waals surface area (Å²) in [5, 5.41) is 6.92. The van der Waals surface area contributed by atoms with Crippen molar-refractivity contribution in [2.75, 3.05) is 51.4 Å². The summed E-state index contributed by atoms with van der Waals surface area (Å²) < 4.78 is 11.2. The van der Waals surface area contributed by atoms with Crippen molar-refractivity contribution in [3.8, 4) is 11.5 Å². The van der Waals surface area contributed by atoms with E-state index in [0.717, 1.165) is 55.8 Å². The molecule has 0 radical (unpaired) electrons. The van der Waals surface area contributed by atoms with Crippen molar-refractivity contribution in [2.45, 2.75) is 25.4 Å². The van der Waals surface area contributed by atoms with Crippen molar-refractivity contribution in [1.82, 2.24) is 20.5 Å². The number of aliphatic imine (C=N–C) groups is 1. The summed E-state index contributed by atoms with van der Waals surface area (Å²) in [5.41, 5.74) is 3.24. The van der Waals surface area contributed by atoms with Crippen molar-refractivity contribution in [3.05, 3.63) is 41.8 Å². The molecule has 162 valence electrons. The van der Waals surface area contributed by atoms with Gasteiger partial charge in [0.1, 0.15) is 6.26 Å². The lowest BCUT2D eigenvalue weighted by Gasteiger charge is -2.43. The number of ether oxygens (including phenoxy) is 1. The van der Waals surface area contributed by atoms with Gasteiger partial charge in [-0.25, -0.2) is 4.98 Å². The molecule has 0 aliphatic carbocycles. The van der Waals surface area contributed by atoms with Crippen LogP contribution in [0.5, 0.6) is 0 Å². The van der Waals surface area contributed by atoms with Gasteiger partial charge in [0.05, 0.1) is 25.5 Å². The number of hydrogen-bond donors (Lipinski definition) is 2. The average molecular weight is 430 g/mol. The van der Waals surface area contributed by atoms with E-state index in [9.17, 15) is 0 Å². The monoisotopic (exact) mass is 429 g/mol. The van der Waals surface area contributed by atoms with Gasteiger partial charge in [0.15, 0.2) is 5.96 Å². The van der Waals surface area contributed by atoms with Crippen molar-refractivity contribution < 1.29 is 9.15 Å². The number of nitrogens with zero attached hydrogens (tertiary/aromatic N) is 3. The van der Waals surface area contributed by atoms with Crippen LogP contribution in [-0.2, 0) is 11.3 Å². The molecule has 8 heteroatoms. The lowest BCUT2D eigenvalue weighted by molar-refractivity contribution is -0.0120. The van der Waals surface area contributed by atoms with Crippen molar-refractivity contribution >= 4 is 17.7 Å². The van der Waals surface area contributed by atoms with Gasteiger partial charge in [-0.1, -0.05) is 17.7 Å². The number of guanidine groups is 1. The number of hydrogen-bond acceptors (Lipinski definition) is 6. The van der Waals surface area contributed by atoms with Crippen molar-refractivity contribution in [3.63, 3.8) is 0 Å². The first-order chi connectivity index (χ1) is 14.7. The van der Waals surface area contributed by atoms with Crippen molar-refractivity contribution in [1.29, 1.82) is 0 Å². The summed E-state index contributed by atoms with van der Waals surface area (Å²) in [6, 6.07) is 8.19. The fourth-order valence-electron chi connectivity index (χ4n) is 3.99. The van der Waals surface area contributed by atoms with Crippen LogP contribution in [0.1, 0.15) is 17.7 Å². The van der Waals surface area contributed by atoms with Gasteiger partial charge in [-0.2, -0.15) is 11.8 Å². The minimum atomic E-state index is 0.179. The van der Waals surface area contributed by atoms with E-state index in [1.165, 1.54) is 17.7 Å². The summed E-state index contributed by atoms with van der Waals surface area (Å²) in [7, 11) is 1.81. The molecular formula is C22H31N5O2S. The number of oxazole rings is 1. The third-order valence-corrected chi connectivity index (χ3v) is 7.09. The summed E-state index contributed by atoms with van der Waals surface area (Å²) in [6.07, 6.45) is 2.91. The smallest absolute Gasteiger partial charge is 0.226 e. The maximum absolute atomic E-state index is 5.66. The van der Waals surface area contributed by atoms with E-state index in [1.54, 1.807) is 13.3 Å². The molecular weight excluding hydrogens is 398 g/mol. The molecule has 30 heavy (non-hydrogen) atoms. The van der Waals surface area contributed by atoms with Crippen LogP contribution < -0.4 is 10.6 Å². The normalized spacial score (nSPS) is 22.9. The van der Waals surface area contributed by atoms with E-state index in [0.29, 0.717) is 12.4 Å². The Balaban J connectivity index is 1.32. The Morgan fingerprint density at radius 2 is 2.03 bits per heavy atom. The highest BCUT2D eigenvalue weighted by atomic mass is 32.2. The predicted octanol–water partition coefficient (Wildman–Crippen LogP) is 2.52. The summed E-state index contributed by atoms with van der Waals surface area (Å²) >= 11 is 2.04. The van der Waals surface area contributed by atoms with Gasteiger partial charge in [0.2, 0.25) is 5.89 Å². The number of thioether (sulfide) groups is 1. The topological polar surface area (TPSA) is 74.9 Å². The zero-order valence-corrected chi connectivity index (χ0v) is 18.6. The molecule has 1 atom stereocenters. The van der Waals surface area contributed by atoms with Crippen LogP contribution in [0.4, 0.5) is 0 Å². The van der Waals surface area contributed by atoms with E-state index in [1.807, 2.05) is 23.9 Å². The van der Waals surface area contributed by atoms with Crippen LogP contribution in [0.15, 0.2) is 39.9 Å². The second-order valence-corrected chi connectivity index (χ2v) is 9.02. The Morgan fingerprint density at radius 1 is 1.23 bits per heavy atom. The van der Waals surface area contributed by atoms with Gasteiger partial charge < -0.3 is 19.8 Å². The fourth-order valence-corrected chi connectivity index (χ4v) is 5.47. The number of rotatable bonds is 6. The minimum Gasteiger partial charge on any atom is -0.444 e. The molecule has 2 fully saturated rings. The second-order valence-electron chi connectivity index (χ2n) is 7.92. The molecule has 7 nitrogen and oxygen atoms in total. The zero-order chi connectivity index (χ0) is 20.8. The molecule has 4 rings (SSSR count). The predicted molar refractivity (Wildman–Crippen MR) is 122 cm³/mol. The molecule has 0 spiro atoms. The van der Waals surface area contributed by atoms with Crippen LogP contribution in [0, 0.1) is 6.92 Å². The molecule has 1 aromatic carbocycles. The highest BCUT2D eigenvalue weighted by Crippen LogP contribution is 2.33. The van der Waals surface area contributed by atoms with Gasteiger partial charge in [-0.3, -0.25) is 9.89 Å². The largest absolute Gasteiger partial charge is 0.444 e. The lowest BCUT2D eigenvalue weighted by atomic mass is 9.95. The molecule has 1 aromatic heterocycles. The SMILES string of the molecule is CN=C(NCc1coc(-c2ccc(C)cc2)n1)NCC1(N2CCOCC2)CCSC1. The van der Waals surface area contributed by atoms with Gasteiger partial charge in [0, 0.05) is 43.5 Å². The standard InChI is InChI=1S/C22H31N5O2S/c1-17-3-5-18(6-4-17)20-26-19(14-29-20)13-24-21(23-2)25-15-22(7-12-30-16-22)27-8-10-28-11-9-27/h3-6,14H,7-13,15-16H2,1-2H3,(H2,23,24,25). The van der Waals surface area contributed by atoms with E-state index in [-0.39, 0.29) is 5.54 Å². The molecule has 2 aliphatic heterocycles. The number of aryl methyl sites for hydroxylation is 1. The number of morpholine rings is 1. The van der Waals surface area contributed by atoms with E-state index >= 15 is 0 Å². The zero-order valence-electron chi connectivity index (χ0n) is 17.8. The molecule has 2 N–H and O–H groups in total. The molecule has 2 aromatic rings. The van der Waals surface area contributed by atoms with E-state index in [4.69, 9.17) is 9.15 Å². The van der Waals surface area contributed by atoms with Crippen LogP contribution >= 0.6 is 11.8 Å². The average Bonchev–Trinajstić information content (AvgIpc) is 3.46. The van der Waals surface area contributed by atoms with Crippen molar-refractivity contribution in [2.24, 2.45) is 4.99 Å². The highest BCUT2D eigenvalue weighted by molar-refractivity contribution is 7.99. The molecule has 2 saturated heterocycles. The Bertz CT molecular complexity index is 839. The highest BCUT2D eigenvalue weighted by Gasteiger charge is 2.40. The Labute approximate surface area is 182 Å². The first-order valence-electron chi connectivity index (χ1n) is 10.5. The Morgan fingerprint density at radius 3 is 2.73 bits per heavy atom. The first-order valence-corrected chi connectivity index (χ1v) is 11.7. The molecule has 0 bridgehead atoms. The number of benzene rings is 1. The van der Waals surface area contributed by atoms with Crippen LogP contribution in [0.25, 0.3) is 11.5 Å². The lowest BCUT2D eigenvalue weighted by Crippen LogP contribution is -2.60. The molecule has 2 aliphatic rings. The summed E-state index contributed by atoms with van der Waals surface area (Å²) in [5.74, 6) is 3.80. The molecule has 1 unspecified atom stereocenters. The number of aromatic nitrogens is 1. The first kappa shape index (κ1) is 21.2. The van der Waals surface area contributed by atoms with Gasteiger partial charge in [-0.05, 0) is 31.2 Å². The summed E-state index contributed by atoms with van der Waals surface area (Å²) in [4.78, 5) is 11.6. The van der Waals surface area contributed by atoms with E-state index < -0.39 is 0 Å². The maximum Gasteiger partial charge on any atom is 0.226 e. The Hall–Kier alpha value is -2.03. The van der Waals surface area contributed by atoms with Crippen LogP contribution in [-0.4, -0.2) is 72.8 Å². The van der Waals surface area contributed by atoms with E-state index in [2.05, 4.69) is 44.6 Å². The van der Waals surface area contributed by atoms with Crippen LogP contribution in [0.2, 0.25) is 0 Å². The Kier molecular flexibility index (Phi) is 6.97. The molecule has 3 heterocycles. The maximum atomic E-state index is 5.66. The quantitative estimate of drug-likeness (QED) is 0.540. The second kappa shape index (κ2) is 9.85. The third-order valence-electron chi connectivity index (χ3n) is 5.86. The number of nitrogens with one attached hydrogen (secondary N) is 2. The summed E-state index contributed by atoms with van der Waals surface area (Å²) in [6.45, 7) is 7.19. The van der Waals surface area contributed by atoms with Gasteiger partial charge in [0.25, 0.3) is 0 Å². The molecule has 0 saturated carbocycles. The van der Waals surface area contributed by atoms with Gasteiger partial charge in [-0.15, -0.1) is 0 Å². The fraction of sp³-hybridized carbons (Fsp3) is 0.545. The minimum absolute atomic E-state index is 0.179. The van der Waals surface area contributed by atoms with Gasteiger partial charge >= 0.3 is 0 Å². The molecule has 0 amide bonds. The van der Waals surface area contributed by atoms with Crippen LogP contribution in [0.3, 0.4) is 0 Å². The third kappa shape index (κ3) is 4.99.